The van der Waals surface area contributed by atoms with Gasteiger partial charge in [-0.25, -0.2) is 4.68 Å². The van der Waals surface area contributed by atoms with Crippen LogP contribution in [0.15, 0.2) is 42.5 Å². The number of hydrogen-bond donors (Lipinski definition) is 0. The van der Waals surface area contributed by atoms with E-state index in [-0.39, 0.29) is 17.6 Å². The van der Waals surface area contributed by atoms with E-state index in [0.717, 1.165) is 11.0 Å². The summed E-state index contributed by atoms with van der Waals surface area (Å²) in [5, 5.41) is 8.37. The minimum Gasteiger partial charge on any atom is -0.497 e. The predicted octanol–water partition coefficient (Wildman–Crippen LogP) is 3.10. The zero-order chi connectivity index (χ0) is 22.3. The minimum atomic E-state index is -0.557. The molecule has 3 aromatic rings. The monoisotopic (exact) mass is 434 g/mol. The highest BCUT2D eigenvalue weighted by molar-refractivity contribution is 6.00. The van der Waals surface area contributed by atoms with Crippen molar-refractivity contribution in [2.75, 3.05) is 20.2 Å². The highest BCUT2D eigenvalue weighted by atomic mass is 16.5. The van der Waals surface area contributed by atoms with Crippen LogP contribution in [0.3, 0.4) is 0 Å². The smallest absolute Gasteiger partial charge is 0.227 e. The summed E-state index contributed by atoms with van der Waals surface area (Å²) >= 11 is 0. The van der Waals surface area contributed by atoms with Crippen LogP contribution >= 0.6 is 0 Å². The van der Waals surface area contributed by atoms with Gasteiger partial charge in [-0.15, -0.1) is 5.10 Å². The molecule has 2 aromatic carbocycles. The normalized spacial score (nSPS) is 18.3. The average molecular weight is 434 g/mol. The predicted molar refractivity (Wildman–Crippen MR) is 118 cm³/mol. The second kappa shape index (κ2) is 7.93. The first-order valence-corrected chi connectivity index (χ1v) is 11.0. The summed E-state index contributed by atoms with van der Waals surface area (Å²) in [6.07, 6.45) is 1.59. The number of methoxy groups -OCH3 is 1. The number of hydrogen-bond acceptors (Lipinski definition) is 6. The number of benzene rings is 2. The first kappa shape index (κ1) is 20.5. The van der Waals surface area contributed by atoms with E-state index in [4.69, 9.17) is 9.47 Å². The van der Waals surface area contributed by atoms with Gasteiger partial charge in [0.25, 0.3) is 0 Å². The Balaban J connectivity index is 1.25. The van der Waals surface area contributed by atoms with Crippen LogP contribution in [0.4, 0.5) is 0 Å². The Hall–Kier alpha value is -3.42. The zero-order valence-corrected chi connectivity index (χ0v) is 18.3. The molecule has 1 amide bonds. The SMILES string of the molecule is COc1ccc2c(c1)OC1(CCN(C(=O)[C@@H](C)Cn3nnc4ccccc43)CC1)CC2=O. The molecule has 1 saturated heterocycles. The fraction of sp³-hybridized carbons (Fsp3) is 0.417. The van der Waals surface area contributed by atoms with Crippen molar-refractivity contribution in [1.29, 1.82) is 0 Å². The summed E-state index contributed by atoms with van der Waals surface area (Å²) in [6.45, 7) is 3.52. The molecule has 2 aliphatic heterocycles. The van der Waals surface area contributed by atoms with Gasteiger partial charge in [0, 0.05) is 32.0 Å². The van der Waals surface area contributed by atoms with Gasteiger partial charge in [0.05, 0.1) is 37.1 Å². The fourth-order valence-electron chi connectivity index (χ4n) is 4.72. The Morgan fingerprint density at radius 3 is 2.78 bits per heavy atom. The van der Waals surface area contributed by atoms with Crippen molar-refractivity contribution in [2.45, 2.75) is 38.3 Å². The molecular weight excluding hydrogens is 408 g/mol. The Morgan fingerprint density at radius 1 is 1.22 bits per heavy atom. The van der Waals surface area contributed by atoms with Crippen LogP contribution in [0.5, 0.6) is 11.5 Å². The molecule has 1 spiro atoms. The molecule has 0 radical (unpaired) electrons. The minimum absolute atomic E-state index is 0.0834. The van der Waals surface area contributed by atoms with Crippen LogP contribution in [0.1, 0.15) is 36.5 Å². The highest BCUT2D eigenvalue weighted by Gasteiger charge is 2.44. The molecule has 8 heteroatoms. The molecule has 1 fully saturated rings. The lowest BCUT2D eigenvalue weighted by atomic mass is 9.82. The van der Waals surface area contributed by atoms with Crippen molar-refractivity contribution < 1.29 is 19.1 Å². The van der Waals surface area contributed by atoms with E-state index in [0.29, 0.717) is 56.0 Å². The van der Waals surface area contributed by atoms with Gasteiger partial charge < -0.3 is 14.4 Å². The maximum absolute atomic E-state index is 13.1. The maximum Gasteiger partial charge on any atom is 0.227 e. The molecule has 1 aromatic heterocycles. The van der Waals surface area contributed by atoms with Gasteiger partial charge in [0.2, 0.25) is 5.91 Å². The number of ether oxygens (including phenoxy) is 2. The summed E-state index contributed by atoms with van der Waals surface area (Å²) in [7, 11) is 1.59. The summed E-state index contributed by atoms with van der Waals surface area (Å²) in [6, 6.07) is 13.0. The maximum atomic E-state index is 13.1. The van der Waals surface area contributed by atoms with Gasteiger partial charge in [0.15, 0.2) is 5.78 Å². The summed E-state index contributed by atoms with van der Waals surface area (Å²) in [5.74, 6) is 1.18. The molecule has 32 heavy (non-hydrogen) atoms. The summed E-state index contributed by atoms with van der Waals surface area (Å²) in [4.78, 5) is 27.7. The quantitative estimate of drug-likeness (QED) is 0.627. The Morgan fingerprint density at radius 2 is 2.00 bits per heavy atom. The number of nitrogens with zero attached hydrogens (tertiary/aromatic N) is 4. The van der Waals surface area contributed by atoms with Crippen molar-refractivity contribution in [2.24, 2.45) is 5.92 Å². The van der Waals surface area contributed by atoms with Crippen LogP contribution in [0.2, 0.25) is 0 Å². The second-order valence-corrected chi connectivity index (χ2v) is 8.73. The topological polar surface area (TPSA) is 86.6 Å². The number of para-hydroxylation sites is 1. The van der Waals surface area contributed by atoms with E-state index in [2.05, 4.69) is 10.3 Å². The molecule has 8 nitrogen and oxygen atoms in total. The van der Waals surface area contributed by atoms with Gasteiger partial charge >= 0.3 is 0 Å². The van der Waals surface area contributed by atoms with Gasteiger partial charge in [0.1, 0.15) is 22.6 Å². The number of carbonyl (C=O) groups excluding carboxylic acids is 2. The van der Waals surface area contributed by atoms with Crippen molar-refractivity contribution in [3.63, 3.8) is 0 Å². The van der Waals surface area contributed by atoms with Gasteiger partial charge in [-0.1, -0.05) is 24.3 Å². The van der Waals surface area contributed by atoms with E-state index in [9.17, 15) is 9.59 Å². The molecule has 1 atom stereocenters. The number of piperidine rings is 1. The number of aromatic nitrogens is 3. The van der Waals surface area contributed by atoms with Crippen LogP contribution in [-0.2, 0) is 11.3 Å². The molecule has 5 rings (SSSR count). The molecule has 0 N–H and O–H groups in total. The number of ketones is 1. The molecule has 0 saturated carbocycles. The van der Waals surface area contributed by atoms with E-state index in [1.807, 2.05) is 36.1 Å². The van der Waals surface area contributed by atoms with E-state index in [1.54, 1.807) is 30.0 Å². The molecule has 166 valence electrons. The number of fused-ring (bicyclic) bond motifs is 2. The Bertz CT molecular complexity index is 1180. The molecule has 3 heterocycles. The van der Waals surface area contributed by atoms with Gasteiger partial charge in [-0.05, 0) is 24.3 Å². The standard InChI is InChI=1S/C24H26N4O4/c1-16(15-28-20-6-4-3-5-19(20)25-26-28)23(30)27-11-9-24(10-12-27)14-21(29)18-8-7-17(31-2)13-22(18)32-24/h3-8,13,16H,9-12,14-15H2,1-2H3/t16-/m0/s1. The van der Waals surface area contributed by atoms with E-state index < -0.39 is 5.60 Å². The largest absolute Gasteiger partial charge is 0.497 e. The van der Waals surface area contributed by atoms with Crippen LogP contribution in [-0.4, -0.2) is 57.4 Å². The van der Waals surface area contributed by atoms with Crippen LogP contribution in [0, 0.1) is 5.92 Å². The number of rotatable bonds is 4. The van der Waals surface area contributed by atoms with Crippen molar-refractivity contribution in [3.8, 4) is 11.5 Å². The lowest BCUT2D eigenvalue weighted by Gasteiger charge is -2.44. The van der Waals surface area contributed by atoms with Crippen LogP contribution in [0.25, 0.3) is 11.0 Å². The summed E-state index contributed by atoms with van der Waals surface area (Å²) < 4.78 is 13.4. The van der Waals surface area contributed by atoms with Crippen molar-refractivity contribution in [3.05, 3.63) is 48.0 Å². The van der Waals surface area contributed by atoms with Crippen molar-refractivity contribution in [1.82, 2.24) is 19.9 Å². The second-order valence-electron chi connectivity index (χ2n) is 8.73. The Kier molecular flexibility index (Phi) is 5.07. The molecule has 0 aliphatic carbocycles. The Labute approximate surface area is 186 Å². The molecule has 2 aliphatic rings. The molecule has 0 bridgehead atoms. The molecular formula is C24H26N4O4. The fourth-order valence-corrected chi connectivity index (χ4v) is 4.72. The van der Waals surface area contributed by atoms with Gasteiger partial charge in [-0.3, -0.25) is 9.59 Å². The third kappa shape index (κ3) is 3.59. The summed E-state index contributed by atoms with van der Waals surface area (Å²) in [5.41, 5.74) is 1.79. The first-order chi connectivity index (χ1) is 15.5. The lowest BCUT2D eigenvalue weighted by molar-refractivity contribution is -0.139. The number of likely N-dealkylation sites (tertiary alicyclic amines) is 1. The first-order valence-electron chi connectivity index (χ1n) is 11.0. The number of amides is 1. The van der Waals surface area contributed by atoms with E-state index >= 15 is 0 Å². The third-order valence-corrected chi connectivity index (χ3v) is 6.57. The number of carbonyl (C=O) groups is 2. The van der Waals surface area contributed by atoms with Crippen molar-refractivity contribution >= 4 is 22.7 Å². The van der Waals surface area contributed by atoms with Gasteiger partial charge in [-0.2, -0.15) is 0 Å². The zero-order valence-electron chi connectivity index (χ0n) is 18.3. The van der Waals surface area contributed by atoms with Crippen LogP contribution < -0.4 is 9.47 Å². The number of Topliss-reactive ketones (excluding diaryl/α,β-unsaturated/α-hetero) is 1. The highest BCUT2D eigenvalue weighted by Crippen LogP contribution is 2.41. The molecule has 0 unspecified atom stereocenters. The third-order valence-electron chi connectivity index (χ3n) is 6.57. The average Bonchev–Trinajstić information content (AvgIpc) is 3.21. The lowest BCUT2D eigenvalue weighted by Crippen LogP contribution is -2.53. The van der Waals surface area contributed by atoms with E-state index in [1.165, 1.54) is 0 Å².